The highest BCUT2D eigenvalue weighted by Crippen LogP contribution is 2.22. The van der Waals surface area contributed by atoms with Crippen molar-refractivity contribution in [2.75, 3.05) is 37.6 Å². The zero-order valence-electron chi connectivity index (χ0n) is 12.7. The van der Waals surface area contributed by atoms with Gasteiger partial charge in [-0.3, -0.25) is 9.69 Å². The first-order valence-corrected chi connectivity index (χ1v) is 7.35. The molecule has 1 aliphatic rings. The molecule has 1 saturated heterocycles. The molecule has 0 amide bonds. The van der Waals surface area contributed by atoms with Crippen LogP contribution in [0.1, 0.15) is 20.3 Å². The second kappa shape index (κ2) is 6.43. The maximum absolute atomic E-state index is 12.9. The largest absolute Gasteiger partial charge is 0.481 e. The summed E-state index contributed by atoms with van der Waals surface area (Å²) >= 11 is 0. The standard InChI is InChI=1S/C16H23FN2O2/c1-16(2,15(20)21)7-8-18-9-11-19(12-10-18)14-5-3-13(17)4-6-14/h3-6H,7-12H2,1-2H3,(H,20,21). The number of anilines is 1. The van der Waals surface area contributed by atoms with Crippen LogP contribution in [0.3, 0.4) is 0 Å². The molecule has 0 unspecified atom stereocenters. The Kier molecular flexibility index (Phi) is 4.83. The number of nitrogens with zero attached hydrogens (tertiary/aromatic N) is 2. The molecule has 5 heteroatoms. The summed E-state index contributed by atoms with van der Waals surface area (Å²) in [6.07, 6.45) is 0.652. The van der Waals surface area contributed by atoms with E-state index in [4.69, 9.17) is 5.11 Å². The molecule has 0 atom stereocenters. The molecule has 1 N–H and O–H groups in total. The molecule has 0 spiro atoms. The van der Waals surface area contributed by atoms with Gasteiger partial charge in [-0.1, -0.05) is 0 Å². The van der Waals surface area contributed by atoms with Crippen LogP contribution in [-0.2, 0) is 4.79 Å². The molecular formula is C16H23FN2O2. The monoisotopic (exact) mass is 294 g/mol. The molecule has 21 heavy (non-hydrogen) atoms. The lowest BCUT2D eigenvalue weighted by molar-refractivity contribution is -0.147. The summed E-state index contributed by atoms with van der Waals surface area (Å²) in [4.78, 5) is 15.6. The van der Waals surface area contributed by atoms with Crippen molar-refractivity contribution in [2.24, 2.45) is 5.41 Å². The molecule has 116 valence electrons. The van der Waals surface area contributed by atoms with Gasteiger partial charge in [0.15, 0.2) is 0 Å². The zero-order valence-corrected chi connectivity index (χ0v) is 12.7. The van der Waals surface area contributed by atoms with Gasteiger partial charge in [0.05, 0.1) is 5.41 Å². The number of aliphatic carboxylic acids is 1. The number of halogens is 1. The summed E-state index contributed by atoms with van der Waals surface area (Å²) in [7, 11) is 0. The van der Waals surface area contributed by atoms with E-state index in [9.17, 15) is 9.18 Å². The van der Waals surface area contributed by atoms with Crippen LogP contribution in [0.5, 0.6) is 0 Å². The van der Waals surface area contributed by atoms with Crippen molar-refractivity contribution in [3.63, 3.8) is 0 Å². The van der Waals surface area contributed by atoms with Gasteiger partial charge in [-0.15, -0.1) is 0 Å². The van der Waals surface area contributed by atoms with Crippen molar-refractivity contribution in [1.82, 2.24) is 4.90 Å². The molecule has 2 rings (SSSR count). The van der Waals surface area contributed by atoms with Crippen LogP contribution in [-0.4, -0.2) is 48.7 Å². The third-order valence-electron chi connectivity index (χ3n) is 4.20. The molecule has 0 radical (unpaired) electrons. The van der Waals surface area contributed by atoms with E-state index in [0.717, 1.165) is 38.4 Å². The summed E-state index contributed by atoms with van der Waals surface area (Å²) in [5.41, 5.74) is 0.371. The van der Waals surface area contributed by atoms with Crippen molar-refractivity contribution < 1.29 is 14.3 Å². The summed E-state index contributed by atoms with van der Waals surface area (Å²) in [5, 5.41) is 9.13. The molecule has 1 heterocycles. The first-order chi connectivity index (χ1) is 9.88. The number of piperazine rings is 1. The van der Waals surface area contributed by atoms with E-state index in [1.54, 1.807) is 26.0 Å². The minimum Gasteiger partial charge on any atom is -0.481 e. The van der Waals surface area contributed by atoms with Crippen molar-refractivity contribution >= 4 is 11.7 Å². The molecule has 1 aromatic carbocycles. The Labute approximate surface area is 125 Å². The maximum atomic E-state index is 12.9. The fraction of sp³-hybridized carbons (Fsp3) is 0.562. The number of hydrogen-bond donors (Lipinski definition) is 1. The molecule has 0 aliphatic carbocycles. The fourth-order valence-electron chi connectivity index (χ4n) is 2.43. The first-order valence-electron chi connectivity index (χ1n) is 7.35. The molecule has 0 aromatic heterocycles. The lowest BCUT2D eigenvalue weighted by atomic mass is 9.89. The number of carboxylic acid groups (broad SMARTS) is 1. The molecule has 0 bridgehead atoms. The number of rotatable bonds is 5. The zero-order chi connectivity index (χ0) is 15.5. The van der Waals surface area contributed by atoms with E-state index in [2.05, 4.69) is 9.80 Å². The third-order valence-corrected chi connectivity index (χ3v) is 4.20. The Morgan fingerprint density at radius 3 is 2.29 bits per heavy atom. The van der Waals surface area contributed by atoms with E-state index in [-0.39, 0.29) is 5.82 Å². The van der Waals surface area contributed by atoms with Crippen molar-refractivity contribution in [3.8, 4) is 0 Å². The van der Waals surface area contributed by atoms with Crippen LogP contribution in [0, 0.1) is 11.2 Å². The third kappa shape index (κ3) is 4.17. The highest BCUT2D eigenvalue weighted by atomic mass is 19.1. The summed E-state index contributed by atoms with van der Waals surface area (Å²) in [6, 6.07) is 6.57. The highest BCUT2D eigenvalue weighted by molar-refractivity contribution is 5.73. The van der Waals surface area contributed by atoms with Crippen molar-refractivity contribution in [1.29, 1.82) is 0 Å². The van der Waals surface area contributed by atoms with Crippen molar-refractivity contribution in [3.05, 3.63) is 30.1 Å². The Balaban J connectivity index is 1.81. The van der Waals surface area contributed by atoms with E-state index < -0.39 is 11.4 Å². The van der Waals surface area contributed by atoms with Gasteiger partial charge in [-0.25, -0.2) is 4.39 Å². The van der Waals surface area contributed by atoms with Gasteiger partial charge in [0.2, 0.25) is 0 Å². The highest BCUT2D eigenvalue weighted by Gasteiger charge is 2.28. The van der Waals surface area contributed by atoms with Gasteiger partial charge in [0, 0.05) is 31.9 Å². The normalized spacial score (nSPS) is 17.0. The van der Waals surface area contributed by atoms with Crippen LogP contribution >= 0.6 is 0 Å². The van der Waals surface area contributed by atoms with Gasteiger partial charge in [-0.2, -0.15) is 0 Å². The SMILES string of the molecule is CC(C)(CCN1CCN(c2ccc(F)cc2)CC1)C(=O)O. The van der Waals surface area contributed by atoms with Gasteiger partial charge in [-0.05, 0) is 51.1 Å². The fourth-order valence-corrected chi connectivity index (χ4v) is 2.43. The van der Waals surface area contributed by atoms with Crippen LogP contribution < -0.4 is 4.90 Å². The molecule has 0 saturated carbocycles. The lowest BCUT2D eigenvalue weighted by Gasteiger charge is -2.37. The lowest BCUT2D eigenvalue weighted by Crippen LogP contribution is -2.47. The Hall–Kier alpha value is -1.62. The van der Waals surface area contributed by atoms with Crippen LogP contribution in [0.2, 0.25) is 0 Å². The molecule has 4 nitrogen and oxygen atoms in total. The summed E-state index contributed by atoms with van der Waals surface area (Å²) in [5.74, 6) is -0.958. The minimum atomic E-state index is -0.743. The minimum absolute atomic E-state index is 0.215. The molecule has 1 aliphatic heterocycles. The van der Waals surface area contributed by atoms with Gasteiger partial charge < -0.3 is 10.0 Å². The van der Waals surface area contributed by atoms with Gasteiger partial charge >= 0.3 is 5.97 Å². The van der Waals surface area contributed by atoms with Gasteiger partial charge in [0.25, 0.3) is 0 Å². The molecule has 1 fully saturated rings. The van der Waals surface area contributed by atoms with E-state index in [1.807, 2.05) is 0 Å². The molecule has 1 aromatic rings. The average Bonchev–Trinajstić information content (AvgIpc) is 2.46. The Bertz CT molecular complexity index is 480. The smallest absolute Gasteiger partial charge is 0.309 e. The van der Waals surface area contributed by atoms with E-state index in [0.29, 0.717) is 6.42 Å². The predicted octanol–water partition coefficient (Wildman–Crippen LogP) is 2.45. The van der Waals surface area contributed by atoms with Crippen LogP contribution in [0.25, 0.3) is 0 Å². The van der Waals surface area contributed by atoms with Crippen molar-refractivity contribution in [2.45, 2.75) is 20.3 Å². The van der Waals surface area contributed by atoms with Crippen LogP contribution in [0.15, 0.2) is 24.3 Å². The summed E-state index contributed by atoms with van der Waals surface area (Å²) < 4.78 is 12.9. The quantitative estimate of drug-likeness (QED) is 0.906. The number of carbonyl (C=O) groups is 1. The summed E-state index contributed by atoms with van der Waals surface area (Å²) in [6.45, 7) is 7.93. The predicted molar refractivity (Wildman–Crippen MR) is 81.1 cm³/mol. The number of benzene rings is 1. The number of carboxylic acids is 1. The van der Waals surface area contributed by atoms with E-state index >= 15 is 0 Å². The Morgan fingerprint density at radius 2 is 1.76 bits per heavy atom. The van der Waals surface area contributed by atoms with Crippen LogP contribution in [0.4, 0.5) is 10.1 Å². The first kappa shape index (κ1) is 15.8. The second-order valence-corrected chi connectivity index (χ2v) is 6.24. The second-order valence-electron chi connectivity index (χ2n) is 6.24. The van der Waals surface area contributed by atoms with Gasteiger partial charge in [0.1, 0.15) is 5.82 Å². The topological polar surface area (TPSA) is 43.8 Å². The van der Waals surface area contributed by atoms with E-state index in [1.165, 1.54) is 12.1 Å². The average molecular weight is 294 g/mol. The molecular weight excluding hydrogens is 271 g/mol. The Morgan fingerprint density at radius 1 is 1.19 bits per heavy atom. The maximum Gasteiger partial charge on any atom is 0.309 e. The number of hydrogen-bond acceptors (Lipinski definition) is 3.